The van der Waals surface area contributed by atoms with Crippen molar-refractivity contribution in [2.75, 3.05) is 18.6 Å². The highest BCUT2D eigenvalue weighted by Gasteiger charge is 2.40. The van der Waals surface area contributed by atoms with Crippen LogP contribution >= 0.6 is 0 Å². The highest BCUT2D eigenvalue weighted by atomic mass is 19.4. The largest absolute Gasteiger partial charge is 0.496 e. The first-order valence-electron chi connectivity index (χ1n) is 7.12. The van der Waals surface area contributed by atoms with E-state index in [0.717, 1.165) is 6.07 Å². The summed E-state index contributed by atoms with van der Waals surface area (Å²) in [6.45, 7) is -0.583. The molecule has 0 spiro atoms. The normalized spacial score (nSPS) is 17.3. The van der Waals surface area contributed by atoms with Crippen LogP contribution in [0.4, 0.5) is 18.9 Å². The first-order chi connectivity index (χ1) is 11.4. The van der Waals surface area contributed by atoms with Gasteiger partial charge in [0.25, 0.3) is 0 Å². The number of fused-ring (bicyclic) bond motifs is 1. The summed E-state index contributed by atoms with van der Waals surface area (Å²) < 4.78 is 47.9. The standard InChI is InChI=1S/C16H14F3NO4/c1-23-12-4-2-3-11-14(12)10(8-21)15(22)20(11)7-9-5-6-13(24-9)16(17,18)19/h2-6,10,21H,7-8H2,1H3. The number of amides is 1. The molecule has 1 aliphatic rings. The molecule has 2 heterocycles. The van der Waals surface area contributed by atoms with Gasteiger partial charge >= 0.3 is 6.18 Å². The van der Waals surface area contributed by atoms with E-state index in [2.05, 4.69) is 0 Å². The van der Waals surface area contributed by atoms with Crippen molar-refractivity contribution in [2.45, 2.75) is 18.6 Å². The Morgan fingerprint density at radius 1 is 1.29 bits per heavy atom. The van der Waals surface area contributed by atoms with Crippen molar-refractivity contribution < 1.29 is 32.2 Å². The second kappa shape index (κ2) is 5.86. The van der Waals surface area contributed by atoms with E-state index < -0.39 is 30.4 Å². The van der Waals surface area contributed by atoms with E-state index in [1.165, 1.54) is 18.1 Å². The van der Waals surface area contributed by atoms with Crippen molar-refractivity contribution in [1.82, 2.24) is 0 Å². The van der Waals surface area contributed by atoms with Crippen molar-refractivity contribution in [3.63, 3.8) is 0 Å². The molecule has 0 fully saturated rings. The van der Waals surface area contributed by atoms with Crippen LogP contribution in [0.25, 0.3) is 0 Å². The number of rotatable bonds is 4. The molecule has 3 rings (SSSR count). The van der Waals surface area contributed by atoms with Crippen molar-refractivity contribution in [3.8, 4) is 5.75 Å². The van der Waals surface area contributed by atoms with Crippen molar-refractivity contribution in [2.24, 2.45) is 0 Å². The predicted molar refractivity (Wildman–Crippen MR) is 77.7 cm³/mol. The number of aliphatic hydroxyl groups excluding tert-OH is 1. The van der Waals surface area contributed by atoms with E-state index >= 15 is 0 Å². The minimum absolute atomic E-state index is 0.00281. The SMILES string of the molecule is COc1cccc2c1C(CO)C(=O)N2Cc1ccc(C(F)(F)F)o1. The van der Waals surface area contributed by atoms with E-state index in [9.17, 15) is 23.1 Å². The van der Waals surface area contributed by atoms with Gasteiger partial charge in [0.1, 0.15) is 11.5 Å². The third kappa shape index (κ3) is 2.62. The van der Waals surface area contributed by atoms with Crippen molar-refractivity contribution in [3.05, 3.63) is 47.4 Å². The maximum atomic E-state index is 12.6. The lowest BCUT2D eigenvalue weighted by atomic mass is 10.0. The number of halogens is 3. The average Bonchev–Trinajstić information content (AvgIpc) is 3.11. The Labute approximate surface area is 135 Å². The van der Waals surface area contributed by atoms with Gasteiger partial charge in [-0.15, -0.1) is 0 Å². The van der Waals surface area contributed by atoms with Crippen LogP contribution in [-0.2, 0) is 17.5 Å². The Kier molecular flexibility index (Phi) is 4.00. The Bertz CT molecular complexity index is 769. The quantitative estimate of drug-likeness (QED) is 0.929. The Morgan fingerprint density at radius 2 is 2.04 bits per heavy atom. The average molecular weight is 341 g/mol. The predicted octanol–water partition coefficient (Wildman–Crippen LogP) is 2.93. The number of benzene rings is 1. The fourth-order valence-corrected chi connectivity index (χ4v) is 2.83. The van der Waals surface area contributed by atoms with E-state index in [1.807, 2.05) is 0 Å². The van der Waals surface area contributed by atoms with Gasteiger partial charge in [0.05, 0.1) is 31.9 Å². The molecule has 24 heavy (non-hydrogen) atoms. The first kappa shape index (κ1) is 16.4. The summed E-state index contributed by atoms with van der Waals surface area (Å²) in [5.74, 6) is -1.90. The number of alkyl halides is 3. The minimum Gasteiger partial charge on any atom is -0.496 e. The number of methoxy groups -OCH3 is 1. The Balaban J connectivity index is 1.95. The summed E-state index contributed by atoms with van der Waals surface area (Å²) in [4.78, 5) is 13.8. The van der Waals surface area contributed by atoms with Gasteiger partial charge in [-0.3, -0.25) is 4.79 Å². The van der Waals surface area contributed by atoms with E-state index in [-0.39, 0.29) is 12.3 Å². The number of nitrogens with zero attached hydrogens (tertiary/aromatic N) is 1. The van der Waals surface area contributed by atoms with E-state index in [0.29, 0.717) is 17.0 Å². The highest BCUT2D eigenvalue weighted by Crippen LogP contribution is 2.43. The van der Waals surface area contributed by atoms with Crippen LogP contribution in [0.5, 0.6) is 5.75 Å². The molecule has 1 unspecified atom stereocenters. The van der Waals surface area contributed by atoms with Crippen LogP contribution in [0.1, 0.15) is 23.0 Å². The summed E-state index contributed by atoms with van der Waals surface area (Å²) in [6, 6.07) is 6.99. The Hall–Kier alpha value is -2.48. The molecule has 2 aromatic rings. The maximum Gasteiger partial charge on any atom is 0.449 e. The highest BCUT2D eigenvalue weighted by molar-refractivity contribution is 6.05. The third-order valence-electron chi connectivity index (χ3n) is 3.90. The van der Waals surface area contributed by atoms with Crippen LogP contribution in [0.15, 0.2) is 34.7 Å². The molecule has 0 aliphatic carbocycles. The number of furan rings is 1. The molecule has 1 atom stereocenters. The lowest BCUT2D eigenvalue weighted by molar-refractivity contribution is -0.153. The van der Waals surface area contributed by atoms with Crippen LogP contribution in [-0.4, -0.2) is 24.7 Å². The van der Waals surface area contributed by atoms with Gasteiger partial charge < -0.3 is 19.2 Å². The molecule has 1 aliphatic heterocycles. The van der Waals surface area contributed by atoms with Gasteiger partial charge in [0, 0.05) is 5.56 Å². The fraction of sp³-hybridized carbons (Fsp3) is 0.312. The van der Waals surface area contributed by atoms with Crippen molar-refractivity contribution in [1.29, 1.82) is 0 Å². The van der Waals surface area contributed by atoms with Crippen LogP contribution in [0.2, 0.25) is 0 Å². The summed E-state index contributed by atoms with van der Waals surface area (Å²) in [5.41, 5.74) is 1.01. The van der Waals surface area contributed by atoms with Gasteiger partial charge in [0.2, 0.25) is 11.7 Å². The lowest BCUT2D eigenvalue weighted by Gasteiger charge is -2.16. The molecule has 0 saturated carbocycles. The number of hydrogen-bond acceptors (Lipinski definition) is 4. The third-order valence-corrected chi connectivity index (χ3v) is 3.90. The van der Waals surface area contributed by atoms with Gasteiger partial charge in [-0.05, 0) is 24.3 Å². The summed E-state index contributed by atoms with van der Waals surface area (Å²) >= 11 is 0. The molecular formula is C16H14F3NO4. The first-order valence-corrected chi connectivity index (χ1v) is 7.12. The van der Waals surface area contributed by atoms with E-state index in [1.54, 1.807) is 18.2 Å². The zero-order chi connectivity index (χ0) is 17.5. The minimum atomic E-state index is -4.58. The number of hydrogen-bond donors (Lipinski definition) is 1. The van der Waals surface area contributed by atoms with Gasteiger partial charge in [0.15, 0.2) is 0 Å². The van der Waals surface area contributed by atoms with Crippen LogP contribution in [0, 0.1) is 0 Å². The number of carbonyl (C=O) groups is 1. The summed E-state index contributed by atoms with van der Waals surface area (Å²) in [6.07, 6.45) is -4.58. The topological polar surface area (TPSA) is 62.9 Å². The van der Waals surface area contributed by atoms with Gasteiger partial charge in [-0.1, -0.05) is 6.07 Å². The van der Waals surface area contributed by atoms with Crippen LogP contribution < -0.4 is 9.64 Å². The fourth-order valence-electron chi connectivity index (χ4n) is 2.83. The lowest BCUT2D eigenvalue weighted by Crippen LogP contribution is -2.29. The Morgan fingerprint density at radius 3 is 2.62 bits per heavy atom. The van der Waals surface area contributed by atoms with Gasteiger partial charge in [-0.25, -0.2) is 0 Å². The van der Waals surface area contributed by atoms with Gasteiger partial charge in [-0.2, -0.15) is 13.2 Å². The monoisotopic (exact) mass is 341 g/mol. The molecule has 1 amide bonds. The van der Waals surface area contributed by atoms with Crippen LogP contribution in [0.3, 0.4) is 0 Å². The zero-order valence-electron chi connectivity index (χ0n) is 12.6. The number of anilines is 1. The van der Waals surface area contributed by atoms with E-state index in [4.69, 9.17) is 9.15 Å². The molecular weight excluding hydrogens is 327 g/mol. The molecule has 8 heteroatoms. The number of carbonyl (C=O) groups excluding carboxylic acids is 1. The molecule has 1 aromatic heterocycles. The molecule has 1 N–H and O–H groups in total. The molecule has 1 aromatic carbocycles. The summed E-state index contributed by atoms with van der Waals surface area (Å²) in [5, 5.41) is 9.52. The summed E-state index contributed by atoms with van der Waals surface area (Å²) in [7, 11) is 1.44. The molecule has 5 nitrogen and oxygen atoms in total. The zero-order valence-corrected chi connectivity index (χ0v) is 12.6. The second-order valence-corrected chi connectivity index (χ2v) is 5.32. The molecule has 0 bridgehead atoms. The van der Waals surface area contributed by atoms with Crippen molar-refractivity contribution >= 4 is 11.6 Å². The molecule has 128 valence electrons. The molecule has 0 saturated heterocycles. The number of ether oxygens (including phenoxy) is 1. The maximum absolute atomic E-state index is 12.6. The second-order valence-electron chi connectivity index (χ2n) is 5.32. The number of aliphatic hydroxyl groups is 1. The smallest absolute Gasteiger partial charge is 0.449 e. The molecule has 0 radical (unpaired) electrons.